The zero-order chi connectivity index (χ0) is 20.9. The highest BCUT2D eigenvalue weighted by molar-refractivity contribution is 6.14. The third-order valence-electron chi connectivity index (χ3n) is 4.81. The number of benzene rings is 3. The molecule has 5 nitrogen and oxygen atoms in total. The zero-order valence-corrected chi connectivity index (χ0v) is 16.5. The van der Waals surface area contributed by atoms with Gasteiger partial charge < -0.3 is 14.2 Å². The highest BCUT2D eigenvalue weighted by Crippen LogP contribution is 2.27. The lowest BCUT2D eigenvalue weighted by molar-refractivity contribution is 0.0600. The molecule has 0 fully saturated rings. The summed E-state index contributed by atoms with van der Waals surface area (Å²) < 4.78 is 16.2. The van der Waals surface area contributed by atoms with E-state index in [1.54, 1.807) is 24.3 Å². The molecule has 1 aliphatic rings. The van der Waals surface area contributed by atoms with E-state index < -0.39 is 0 Å². The molecule has 0 bridgehead atoms. The Morgan fingerprint density at radius 3 is 2.47 bits per heavy atom. The van der Waals surface area contributed by atoms with Gasteiger partial charge in [-0.1, -0.05) is 36.4 Å². The molecule has 3 aromatic rings. The summed E-state index contributed by atoms with van der Waals surface area (Å²) in [7, 11) is 1.36. The predicted octanol–water partition coefficient (Wildman–Crippen LogP) is 4.71. The van der Waals surface area contributed by atoms with E-state index in [4.69, 9.17) is 14.2 Å². The number of carbonyl (C=O) groups excluding carboxylic acids is 2. The molecule has 0 atom stereocenters. The van der Waals surface area contributed by atoms with Gasteiger partial charge in [-0.2, -0.15) is 0 Å². The van der Waals surface area contributed by atoms with Crippen molar-refractivity contribution in [2.45, 2.75) is 6.61 Å². The van der Waals surface area contributed by atoms with Gasteiger partial charge in [0.2, 0.25) is 0 Å². The number of ketones is 1. The van der Waals surface area contributed by atoms with Crippen LogP contribution in [0.15, 0.2) is 78.4 Å². The standard InChI is InChI=1S/C25H20O5/c1-28-25(27)19-10-6-18(7-11-19)15-29-21-12-8-17(9-13-21)14-20-16-30-23-5-3-2-4-22(23)24(20)26/h2-14H,15-16H2,1H3/b20-14+. The van der Waals surface area contributed by atoms with Gasteiger partial charge in [-0.25, -0.2) is 4.79 Å². The Bertz CT molecular complexity index is 1100. The number of ether oxygens (including phenoxy) is 3. The average Bonchev–Trinajstić information content (AvgIpc) is 2.80. The molecule has 3 aromatic carbocycles. The van der Waals surface area contributed by atoms with Crippen molar-refractivity contribution in [3.63, 3.8) is 0 Å². The van der Waals surface area contributed by atoms with Crippen molar-refractivity contribution in [1.29, 1.82) is 0 Å². The van der Waals surface area contributed by atoms with Gasteiger partial charge in [-0.05, 0) is 53.6 Å². The Kier molecular flexibility index (Phi) is 5.61. The van der Waals surface area contributed by atoms with Crippen LogP contribution in [-0.4, -0.2) is 25.5 Å². The highest BCUT2D eigenvalue weighted by atomic mass is 16.5. The van der Waals surface area contributed by atoms with Gasteiger partial charge in [0.1, 0.15) is 24.7 Å². The van der Waals surface area contributed by atoms with Gasteiger partial charge in [-0.15, -0.1) is 0 Å². The zero-order valence-electron chi connectivity index (χ0n) is 16.5. The van der Waals surface area contributed by atoms with Crippen LogP contribution in [0.2, 0.25) is 0 Å². The van der Waals surface area contributed by atoms with E-state index >= 15 is 0 Å². The summed E-state index contributed by atoms with van der Waals surface area (Å²) in [5.41, 5.74) is 3.55. The molecular formula is C25H20O5. The minimum absolute atomic E-state index is 0.00687. The van der Waals surface area contributed by atoms with Crippen LogP contribution < -0.4 is 9.47 Å². The first-order valence-electron chi connectivity index (χ1n) is 9.51. The number of Topliss-reactive ketones (excluding diaryl/α,β-unsaturated/α-hetero) is 1. The van der Waals surface area contributed by atoms with Gasteiger partial charge in [-0.3, -0.25) is 4.79 Å². The maximum absolute atomic E-state index is 12.6. The number of fused-ring (bicyclic) bond motifs is 1. The second kappa shape index (κ2) is 8.66. The molecule has 0 radical (unpaired) electrons. The molecule has 150 valence electrons. The number of hydrogen-bond donors (Lipinski definition) is 0. The van der Waals surface area contributed by atoms with Crippen LogP contribution >= 0.6 is 0 Å². The monoisotopic (exact) mass is 400 g/mol. The van der Waals surface area contributed by atoms with Crippen LogP contribution in [-0.2, 0) is 11.3 Å². The molecule has 0 unspecified atom stereocenters. The van der Waals surface area contributed by atoms with E-state index in [2.05, 4.69) is 0 Å². The number of esters is 1. The first-order chi connectivity index (χ1) is 14.6. The van der Waals surface area contributed by atoms with Gasteiger partial charge in [0.25, 0.3) is 0 Å². The highest BCUT2D eigenvalue weighted by Gasteiger charge is 2.22. The summed E-state index contributed by atoms with van der Waals surface area (Å²) >= 11 is 0. The number of carbonyl (C=O) groups is 2. The third kappa shape index (κ3) is 4.25. The van der Waals surface area contributed by atoms with Crippen LogP contribution in [0, 0.1) is 0 Å². The molecule has 0 aliphatic carbocycles. The van der Waals surface area contributed by atoms with Gasteiger partial charge in [0.05, 0.1) is 18.2 Å². The Labute approximate surface area is 174 Å². The smallest absolute Gasteiger partial charge is 0.337 e. The summed E-state index contributed by atoms with van der Waals surface area (Å²) in [6.07, 6.45) is 1.84. The molecule has 0 aromatic heterocycles. The summed E-state index contributed by atoms with van der Waals surface area (Å²) in [6, 6.07) is 21.9. The van der Waals surface area contributed by atoms with E-state index in [0.717, 1.165) is 11.1 Å². The normalized spacial score (nSPS) is 14.0. The quantitative estimate of drug-likeness (QED) is 0.458. The third-order valence-corrected chi connectivity index (χ3v) is 4.81. The molecule has 1 aliphatic heterocycles. The lowest BCUT2D eigenvalue weighted by Crippen LogP contribution is -2.18. The second-order valence-electron chi connectivity index (χ2n) is 6.83. The maximum Gasteiger partial charge on any atom is 0.337 e. The Morgan fingerprint density at radius 2 is 1.73 bits per heavy atom. The minimum atomic E-state index is -0.363. The van der Waals surface area contributed by atoms with Crippen molar-refractivity contribution in [2.24, 2.45) is 0 Å². The predicted molar refractivity (Wildman–Crippen MR) is 113 cm³/mol. The van der Waals surface area contributed by atoms with Crippen molar-refractivity contribution in [1.82, 2.24) is 0 Å². The van der Waals surface area contributed by atoms with Gasteiger partial charge in [0, 0.05) is 5.57 Å². The van der Waals surface area contributed by atoms with Gasteiger partial charge >= 0.3 is 5.97 Å². The lowest BCUT2D eigenvalue weighted by Gasteiger charge is -2.18. The van der Waals surface area contributed by atoms with Crippen molar-refractivity contribution < 1.29 is 23.8 Å². The van der Waals surface area contributed by atoms with E-state index in [0.29, 0.717) is 34.8 Å². The summed E-state index contributed by atoms with van der Waals surface area (Å²) in [5.74, 6) is 0.971. The van der Waals surface area contributed by atoms with E-state index in [1.807, 2.05) is 54.6 Å². The van der Waals surface area contributed by atoms with Gasteiger partial charge in [0.15, 0.2) is 5.78 Å². The van der Waals surface area contributed by atoms with E-state index in [-0.39, 0.29) is 18.4 Å². The fourth-order valence-corrected chi connectivity index (χ4v) is 3.16. The topological polar surface area (TPSA) is 61.8 Å². The van der Waals surface area contributed by atoms with Crippen molar-refractivity contribution in [2.75, 3.05) is 13.7 Å². The average molecular weight is 400 g/mol. The van der Waals surface area contributed by atoms with E-state index in [9.17, 15) is 9.59 Å². The molecule has 0 saturated carbocycles. The van der Waals surface area contributed by atoms with Crippen molar-refractivity contribution >= 4 is 17.8 Å². The molecular weight excluding hydrogens is 380 g/mol. The number of rotatable bonds is 5. The summed E-state index contributed by atoms with van der Waals surface area (Å²) in [6.45, 7) is 0.640. The Hall–Kier alpha value is -3.86. The molecule has 30 heavy (non-hydrogen) atoms. The largest absolute Gasteiger partial charge is 0.489 e. The molecule has 0 N–H and O–H groups in total. The lowest BCUT2D eigenvalue weighted by atomic mass is 9.98. The molecule has 1 heterocycles. The number of methoxy groups -OCH3 is 1. The first-order valence-corrected chi connectivity index (χ1v) is 9.51. The molecule has 4 rings (SSSR count). The second-order valence-corrected chi connectivity index (χ2v) is 6.83. The SMILES string of the molecule is COC(=O)c1ccc(COc2ccc(/C=C3\COc4ccccc4C3=O)cc2)cc1. The first kappa shape index (κ1) is 19.5. The summed E-state index contributed by atoms with van der Waals surface area (Å²) in [4.78, 5) is 24.1. The fraction of sp³-hybridized carbons (Fsp3) is 0.120. The summed E-state index contributed by atoms with van der Waals surface area (Å²) in [5, 5.41) is 0. The van der Waals surface area contributed by atoms with Crippen LogP contribution in [0.3, 0.4) is 0 Å². The fourth-order valence-electron chi connectivity index (χ4n) is 3.16. The minimum Gasteiger partial charge on any atom is -0.489 e. The molecule has 0 spiro atoms. The molecule has 0 amide bonds. The molecule has 5 heteroatoms. The van der Waals surface area contributed by atoms with Crippen LogP contribution in [0.25, 0.3) is 6.08 Å². The van der Waals surface area contributed by atoms with Crippen molar-refractivity contribution in [3.05, 3.63) is 101 Å². The van der Waals surface area contributed by atoms with Crippen LogP contribution in [0.5, 0.6) is 11.5 Å². The van der Waals surface area contributed by atoms with E-state index in [1.165, 1.54) is 7.11 Å². The van der Waals surface area contributed by atoms with Crippen LogP contribution in [0.1, 0.15) is 31.8 Å². The molecule has 0 saturated heterocycles. The number of para-hydroxylation sites is 1. The maximum atomic E-state index is 12.6. The number of hydrogen-bond acceptors (Lipinski definition) is 5. The van der Waals surface area contributed by atoms with Crippen molar-refractivity contribution in [3.8, 4) is 11.5 Å². The Balaban J connectivity index is 1.39. The Morgan fingerprint density at radius 1 is 1.00 bits per heavy atom. The van der Waals surface area contributed by atoms with Crippen LogP contribution in [0.4, 0.5) is 0 Å².